The zero-order valence-electron chi connectivity index (χ0n) is 14.4. The monoisotopic (exact) mass is 450 g/mol. The lowest BCUT2D eigenvalue weighted by molar-refractivity contribution is 0.182. The number of guanidine groups is 1. The highest BCUT2D eigenvalue weighted by Gasteiger charge is 2.15. The Labute approximate surface area is 162 Å². The van der Waals surface area contributed by atoms with Gasteiger partial charge in [0.05, 0.1) is 6.54 Å². The molecule has 1 aliphatic rings. The van der Waals surface area contributed by atoms with E-state index in [0.717, 1.165) is 31.5 Å². The van der Waals surface area contributed by atoms with E-state index < -0.39 is 0 Å². The number of hydrogen-bond donors (Lipinski definition) is 2. The predicted molar refractivity (Wildman–Crippen MR) is 112 cm³/mol. The molecule has 2 N–H and O–H groups in total. The van der Waals surface area contributed by atoms with Crippen LogP contribution in [0.25, 0.3) is 0 Å². The van der Waals surface area contributed by atoms with E-state index in [4.69, 9.17) is 0 Å². The number of piperidine rings is 1. The Morgan fingerprint density at radius 3 is 3.00 bits per heavy atom. The van der Waals surface area contributed by atoms with Gasteiger partial charge in [-0.2, -0.15) is 0 Å². The molecule has 0 bridgehead atoms. The van der Waals surface area contributed by atoms with Crippen LogP contribution in [0, 0.1) is 5.92 Å². The predicted octanol–water partition coefficient (Wildman–Crippen LogP) is 3.54. The van der Waals surface area contributed by atoms with E-state index >= 15 is 0 Å². The first-order valence-corrected chi connectivity index (χ1v) is 9.42. The maximum Gasteiger partial charge on any atom is 0.191 e. The van der Waals surface area contributed by atoms with E-state index in [-0.39, 0.29) is 24.0 Å². The molecule has 2 heterocycles. The molecule has 1 atom stereocenters. The average molecular weight is 450 g/mol. The minimum absolute atomic E-state index is 0. The third kappa shape index (κ3) is 8.35. The number of hydrogen-bond acceptors (Lipinski definition) is 3. The molecule has 1 saturated heterocycles. The summed E-state index contributed by atoms with van der Waals surface area (Å²) in [6.07, 6.45) is 3.93. The van der Waals surface area contributed by atoms with Crippen molar-refractivity contribution in [1.82, 2.24) is 15.5 Å². The summed E-state index contributed by atoms with van der Waals surface area (Å²) < 4.78 is 0. The summed E-state index contributed by atoms with van der Waals surface area (Å²) in [6, 6.07) is 4.21. The number of nitrogens with zero attached hydrogens (tertiary/aromatic N) is 2. The van der Waals surface area contributed by atoms with Crippen LogP contribution in [-0.2, 0) is 6.54 Å². The van der Waals surface area contributed by atoms with Gasteiger partial charge in [-0.25, -0.2) is 4.99 Å². The maximum absolute atomic E-state index is 4.64. The lowest BCUT2D eigenvalue weighted by atomic mass is 10.0. The van der Waals surface area contributed by atoms with Crippen LogP contribution >= 0.6 is 35.3 Å². The highest BCUT2D eigenvalue weighted by molar-refractivity contribution is 14.0. The van der Waals surface area contributed by atoms with Crippen molar-refractivity contribution in [2.24, 2.45) is 10.9 Å². The first-order valence-electron chi connectivity index (χ1n) is 8.55. The Balaban J connectivity index is 0.00000264. The molecule has 0 aliphatic carbocycles. The molecule has 0 radical (unpaired) electrons. The van der Waals surface area contributed by atoms with Crippen molar-refractivity contribution in [3.8, 4) is 0 Å². The highest BCUT2D eigenvalue weighted by atomic mass is 127. The lowest BCUT2D eigenvalue weighted by Crippen LogP contribution is -2.40. The summed E-state index contributed by atoms with van der Waals surface area (Å²) in [5.41, 5.74) is 0. The van der Waals surface area contributed by atoms with Crippen molar-refractivity contribution in [2.45, 2.75) is 39.7 Å². The fourth-order valence-corrected chi connectivity index (χ4v) is 3.53. The van der Waals surface area contributed by atoms with Crippen molar-refractivity contribution in [3.63, 3.8) is 0 Å². The summed E-state index contributed by atoms with van der Waals surface area (Å²) in [6.45, 7) is 10.9. The Morgan fingerprint density at radius 1 is 1.43 bits per heavy atom. The van der Waals surface area contributed by atoms with Gasteiger partial charge in [0.15, 0.2) is 5.96 Å². The van der Waals surface area contributed by atoms with E-state index in [1.165, 1.54) is 43.8 Å². The standard InChI is InChI=1S/C17H30N4S.HI/c1-3-18-17(20-13-16-8-5-12-22-16)19-9-6-11-21-10-4-7-15(2)14-21;/h5,8,12,15H,3-4,6-7,9-11,13-14H2,1-2H3,(H2,18,19,20);1H. The molecule has 1 fully saturated rings. The number of likely N-dealkylation sites (tertiary alicyclic amines) is 1. The van der Waals surface area contributed by atoms with Gasteiger partial charge >= 0.3 is 0 Å². The fraction of sp³-hybridized carbons (Fsp3) is 0.706. The number of rotatable bonds is 7. The Hall–Kier alpha value is -0.340. The van der Waals surface area contributed by atoms with Crippen molar-refractivity contribution in [3.05, 3.63) is 22.4 Å². The smallest absolute Gasteiger partial charge is 0.191 e. The lowest BCUT2D eigenvalue weighted by Gasteiger charge is -2.30. The molecule has 0 aromatic carbocycles. The maximum atomic E-state index is 4.64. The van der Waals surface area contributed by atoms with Crippen LogP contribution in [0.3, 0.4) is 0 Å². The van der Waals surface area contributed by atoms with Crippen LogP contribution in [0.4, 0.5) is 0 Å². The number of nitrogens with one attached hydrogen (secondary N) is 2. The molecule has 1 aliphatic heterocycles. The second kappa shape index (κ2) is 12.1. The molecule has 0 saturated carbocycles. The van der Waals surface area contributed by atoms with Crippen molar-refractivity contribution in [2.75, 3.05) is 32.7 Å². The minimum Gasteiger partial charge on any atom is -0.357 e. The van der Waals surface area contributed by atoms with Crippen LogP contribution in [0.1, 0.15) is 38.0 Å². The number of thiophene rings is 1. The molecule has 0 amide bonds. The second-order valence-electron chi connectivity index (χ2n) is 6.10. The van der Waals surface area contributed by atoms with E-state index in [9.17, 15) is 0 Å². The minimum atomic E-state index is 0. The summed E-state index contributed by atoms with van der Waals surface area (Å²) in [5, 5.41) is 8.87. The molecule has 2 rings (SSSR count). The normalized spacial score (nSPS) is 19.2. The molecule has 6 heteroatoms. The SMILES string of the molecule is CCNC(=NCc1cccs1)NCCCN1CCCC(C)C1.I. The number of aliphatic imine (C=N–C) groups is 1. The largest absolute Gasteiger partial charge is 0.357 e. The Morgan fingerprint density at radius 2 is 2.30 bits per heavy atom. The van der Waals surface area contributed by atoms with E-state index in [0.29, 0.717) is 0 Å². The average Bonchev–Trinajstić information content (AvgIpc) is 3.02. The summed E-state index contributed by atoms with van der Waals surface area (Å²) >= 11 is 1.76. The second-order valence-corrected chi connectivity index (χ2v) is 7.14. The molecule has 132 valence electrons. The van der Waals surface area contributed by atoms with Crippen molar-refractivity contribution >= 4 is 41.3 Å². The van der Waals surface area contributed by atoms with Gasteiger partial charge in [0.25, 0.3) is 0 Å². The van der Waals surface area contributed by atoms with Crippen LogP contribution in [-0.4, -0.2) is 43.6 Å². The topological polar surface area (TPSA) is 39.7 Å². The van der Waals surface area contributed by atoms with Crippen molar-refractivity contribution < 1.29 is 0 Å². The van der Waals surface area contributed by atoms with Crippen LogP contribution in [0.15, 0.2) is 22.5 Å². The summed E-state index contributed by atoms with van der Waals surface area (Å²) in [4.78, 5) is 8.55. The molecule has 4 nitrogen and oxygen atoms in total. The van der Waals surface area contributed by atoms with Gasteiger partial charge in [0, 0.05) is 24.5 Å². The first-order chi connectivity index (χ1) is 10.8. The van der Waals surface area contributed by atoms with Gasteiger partial charge in [0.1, 0.15) is 0 Å². The van der Waals surface area contributed by atoms with Gasteiger partial charge in [-0.3, -0.25) is 0 Å². The van der Waals surface area contributed by atoms with Gasteiger partial charge < -0.3 is 15.5 Å². The van der Waals surface area contributed by atoms with E-state index in [1.54, 1.807) is 11.3 Å². The zero-order chi connectivity index (χ0) is 15.6. The third-order valence-corrected chi connectivity index (χ3v) is 4.86. The van der Waals surface area contributed by atoms with Crippen LogP contribution in [0.5, 0.6) is 0 Å². The molecule has 23 heavy (non-hydrogen) atoms. The Kier molecular flexibility index (Phi) is 10.9. The van der Waals surface area contributed by atoms with Gasteiger partial charge in [-0.1, -0.05) is 13.0 Å². The highest BCUT2D eigenvalue weighted by Crippen LogP contribution is 2.15. The number of halogens is 1. The van der Waals surface area contributed by atoms with Gasteiger partial charge in [-0.05, 0) is 56.6 Å². The first kappa shape index (κ1) is 20.7. The summed E-state index contributed by atoms with van der Waals surface area (Å²) in [5.74, 6) is 1.80. The zero-order valence-corrected chi connectivity index (χ0v) is 17.5. The van der Waals surface area contributed by atoms with E-state index in [1.807, 2.05) is 0 Å². The van der Waals surface area contributed by atoms with Crippen LogP contribution in [0.2, 0.25) is 0 Å². The molecule has 1 aromatic heterocycles. The van der Waals surface area contributed by atoms with Crippen molar-refractivity contribution in [1.29, 1.82) is 0 Å². The third-order valence-electron chi connectivity index (χ3n) is 4.00. The van der Waals surface area contributed by atoms with Crippen LogP contribution < -0.4 is 10.6 Å². The quantitative estimate of drug-likeness (QED) is 0.289. The Bertz CT molecular complexity index is 436. The molecular weight excluding hydrogens is 419 g/mol. The summed E-state index contributed by atoms with van der Waals surface area (Å²) in [7, 11) is 0. The van der Waals surface area contributed by atoms with Gasteiger partial charge in [0.2, 0.25) is 0 Å². The molecular formula is C17H31IN4S. The molecule has 1 aromatic rings. The molecule has 0 spiro atoms. The fourth-order valence-electron chi connectivity index (χ4n) is 2.90. The molecule has 1 unspecified atom stereocenters. The van der Waals surface area contributed by atoms with Gasteiger partial charge in [-0.15, -0.1) is 35.3 Å². The van der Waals surface area contributed by atoms with E-state index in [2.05, 4.69) is 51.9 Å².